The summed E-state index contributed by atoms with van der Waals surface area (Å²) >= 11 is 5.99. The van der Waals surface area contributed by atoms with Crippen molar-refractivity contribution in [3.8, 4) is 5.75 Å². The molecule has 0 fully saturated rings. The summed E-state index contributed by atoms with van der Waals surface area (Å²) in [6.45, 7) is 0. The topological polar surface area (TPSA) is 9.23 Å². The zero-order valence-corrected chi connectivity index (χ0v) is 12.5. The van der Waals surface area contributed by atoms with Crippen molar-refractivity contribution in [2.45, 2.75) is 12.8 Å². The summed E-state index contributed by atoms with van der Waals surface area (Å²) in [5, 5.41) is 0. The van der Waals surface area contributed by atoms with E-state index >= 15 is 0 Å². The SMILES string of the molecule is COc1ccc(CC(CCl)Cc2cc(F)cc(F)c2)cc1. The number of methoxy groups -OCH3 is 1. The minimum absolute atomic E-state index is 0.126. The monoisotopic (exact) mass is 310 g/mol. The Labute approximate surface area is 128 Å². The highest BCUT2D eigenvalue weighted by Crippen LogP contribution is 2.20. The quantitative estimate of drug-likeness (QED) is 0.708. The summed E-state index contributed by atoms with van der Waals surface area (Å²) in [6.07, 6.45) is 1.30. The molecular weight excluding hydrogens is 294 g/mol. The molecule has 0 saturated carbocycles. The third kappa shape index (κ3) is 4.71. The van der Waals surface area contributed by atoms with E-state index in [-0.39, 0.29) is 5.92 Å². The van der Waals surface area contributed by atoms with Crippen LogP contribution in [0, 0.1) is 17.6 Å². The lowest BCUT2D eigenvalue weighted by Gasteiger charge is -2.14. The van der Waals surface area contributed by atoms with Gasteiger partial charge >= 0.3 is 0 Å². The lowest BCUT2D eigenvalue weighted by molar-refractivity contribution is 0.414. The van der Waals surface area contributed by atoms with E-state index in [1.54, 1.807) is 7.11 Å². The van der Waals surface area contributed by atoms with Crippen LogP contribution < -0.4 is 4.74 Å². The minimum Gasteiger partial charge on any atom is -0.497 e. The van der Waals surface area contributed by atoms with Gasteiger partial charge in [0.1, 0.15) is 17.4 Å². The molecule has 0 N–H and O–H groups in total. The summed E-state index contributed by atoms with van der Waals surface area (Å²) in [5.41, 5.74) is 1.75. The lowest BCUT2D eigenvalue weighted by atomic mass is 9.94. The van der Waals surface area contributed by atoms with Crippen molar-refractivity contribution in [2.75, 3.05) is 13.0 Å². The fourth-order valence-electron chi connectivity index (χ4n) is 2.34. The van der Waals surface area contributed by atoms with E-state index in [4.69, 9.17) is 16.3 Å². The van der Waals surface area contributed by atoms with Gasteiger partial charge in [-0.3, -0.25) is 0 Å². The van der Waals surface area contributed by atoms with E-state index in [2.05, 4.69) is 0 Å². The van der Waals surface area contributed by atoms with E-state index in [9.17, 15) is 8.78 Å². The number of rotatable bonds is 6. The Balaban J connectivity index is 2.05. The van der Waals surface area contributed by atoms with Crippen LogP contribution in [0.3, 0.4) is 0 Å². The minimum atomic E-state index is -0.553. The van der Waals surface area contributed by atoms with Crippen LogP contribution in [0.2, 0.25) is 0 Å². The van der Waals surface area contributed by atoms with Crippen molar-refractivity contribution >= 4 is 11.6 Å². The summed E-state index contributed by atoms with van der Waals surface area (Å²) < 4.78 is 31.5. The molecule has 0 heterocycles. The van der Waals surface area contributed by atoms with Gasteiger partial charge < -0.3 is 4.74 Å². The van der Waals surface area contributed by atoms with Gasteiger partial charge in [-0.15, -0.1) is 11.6 Å². The maximum Gasteiger partial charge on any atom is 0.126 e. The van der Waals surface area contributed by atoms with Gasteiger partial charge in [-0.2, -0.15) is 0 Å². The number of alkyl halides is 1. The second-order valence-electron chi connectivity index (χ2n) is 5.05. The molecule has 0 amide bonds. The van der Waals surface area contributed by atoms with E-state index in [0.717, 1.165) is 23.8 Å². The Kier molecular flexibility index (Phi) is 5.57. The van der Waals surface area contributed by atoms with Gasteiger partial charge in [0.05, 0.1) is 7.11 Å². The van der Waals surface area contributed by atoms with Gasteiger partial charge in [0.2, 0.25) is 0 Å². The Morgan fingerprint density at radius 3 is 2.05 bits per heavy atom. The molecule has 2 aromatic rings. The molecule has 21 heavy (non-hydrogen) atoms. The predicted octanol–water partition coefficient (Wildman–Crippen LogP) is 4.61. The van der Waals surface area contributed by atoms with Crippen LogP contribution in [0.5, 0.6) is 5.75 Å². The second-order valence-corrected chi connectivity index (χ2v) is 5.36. The molecule has 0 aromatic heterocycles. The van der Waals surface area contributed by atoms with Crippen molar-refractivity contribution < 1.29 is 13.5 Å². The number of hydrogen-bond donors (Lipinski definition) is 0. The van der Waals surface area contributed by atoms with Crippen LogP contribution in [-0.4, -0.2) is 13.0 Å². The number of ether oxygens (including phenoxy) is 1. The number of hydrogen-bond acceptors (Lipinski definition) is 1. The molecule has 0 aliphatic heterocycles. The van der Waals surface area contributed by atoms with E-state index < -0.39 is 11.6 Å². The molecule has 1 atom stereocenters. The third-order valence-electron chi connectivity index (χ3n) is 3.35. The van der Waals surface area contributed by atoms with Crippen LogP contribution in [0.25, 0.3) is 0 Å². The molecule has 4 heteroatoms. The molecule has 0 bridgehead atoms. The summed E-state index contributed by atoms with van der Waals surface area (Å²) in [4.78, 5) is 0. The smallest absolute Gasteiger partial charge is 0.126 e. The number of benzene rings is 2. The highest BCUT2D eigenvalue weighted by Gasteiger charge is 2.11. The first-order chi connectivity index (χ1) is 10.1. The maximum absolute atomic E-state index is 13.2. The highest BCUT2D eigenvalue weighted by molar-refractivity contribution is 6.18. The Hall–Kier alpha value is -1.61. The van der Waals surface area contributed by atoms with Gasteiger partial charge in [-0.25, -0.2) is 8.78 Å². The molecule has 0 aliphatic carbocycles. The fraction of sp³-hybridized carbons (Fsp3) is 0.294. The van der Waals surface area contributed by atoms with Crippen molar-refractivity contribution in [1.82, 2.24) is 0 Å². The van der Waals surface area contributed by atoms with Crippen molar-refractivity contribution in [3.63, 3.8) is 0 Å². The van der Waals surface area contributed by atoms with Gasteiger partial charge in [-0.1, -0.05) is 12.1 Å². The third-order valence-corrected chi connectivity index (χ3v) is 3.78. The molecular formula is C17H17ClF2O. The summed E-state index contributed by atoms with van der Waals surface area (Å²) in [5.74, 6) is 0.254. The zero-order valence-electron chi connectivity index (χ0n) is 11.8. The molecule has 0 aliphatic rings. The van der Waals surface area contributed by atoms with Crippen LogP contribution in [0.4, 0.5) is 8.78 Å². The van der Waals surface area contributed by atoms with Gasteiger partial charge in [-0.05, 0) is 54.2 Å². The fourth-order valence-corrected chi connectivity index (χ4v) is 2.56. The van der Waals surface area contributed by atoms with Crippen molar-refractivity contribution in [3.05, 3.63) is 65.2 Å². The Morgan fingerprint density at radius 1 is 0.952 bits per heavy atom. The van der Waals surface area contributed by atoms with Gasteiger partial charge in [0.25, 0.3) is 0 Å². The van der Waals surface area contributed by atoms with Crippen LogP contribution in [0.1, 0.15) is 11.1 Å². The summed E-state index contributed by atoms with van der Waals surface area (Å²) in [7, 11) is 1.62. The van der Waals surface area contributed by atoms with E-state index in [0.29, 0.717) is 17.9 Å². The number of halogens is 3. The Morgan fingerprint density at radius 2 is 1.52 bits per heavy atom. The average molecular weight is 311 g/mol. The molecule has 0 spiro atoms. The van der Waals surface area contributed by atoms with Crippen molar-refractivity contribution in [1.29, 1.82) is 0 Å². The first-order valence-corrected chi connectivity index (χ1v) is 7.28. The van der Waals surface area contributed by atoms with Crippen molar-refractivity contribution in [2.24, 2.45) is 5.92 Å². The molecule has 1 nitrogen and oxygen atoms in total. The molecule has 1 unspecified atom stereocenters. The normalized spacial score (nSPS) is 12.2. The van der Waals surface area contributed by atoms with Crippen LogP contribution in [0.15, 0.2) is 42.5 Å². The van der Waals surface area contributed by atoms with Crippen LogP contribution >= 0.6 is 11.6 Å². The maximum atomic E-state index is 13.2. The first kappa shape index (κ1) is 15.8. The summed E-state index contributed by atoms with van der Waals surface area (Å²) in [6, 6.07) is 11.3. The Bertz CT molecular complexity index is 564. The average Bonchev–Trinajstić information content (AvgIpc) is 2.46. The second kappa shape index (κ2) is 7.41. The van der Waals surface area contributed by atoms with Gasteiger partial charge in [0, 0.05) is 11.9 Å². The first-order valence-electron chi connectivity index (χ1n) is 6.74. The zero-order chi connectivity index (χ0) is 15.2. The van der Waals surface area contributed by atoms with E-state index in [1.807, 2.05) is 24.3 Å². The molecule has 0 radical (unpaired) electrons. The molecule has 112 valence electrons. The molecule has 0 saturated heterocycles. The van der Waals surface area contributed by atoms with Gasteiger partial charge in [0.15, 0.2) is 0 Å². The molecule has 2 aromatic carbocycles. The van der Waals surface area contributed by atoms with E-state index in [1.165, 1.54) is 12.1 Å². The largest absolute Gasteiger partial charge is 0.497 e. The standard InChI is InChI=1S/C17H17ClF2O/c1-21-17-4-2-12(3-5-17)6-14(11-18)7-13-8-15(19)10-16(20)9-13/h2-5,8-10,14H,6-7,11H2,1H3. The van der Waals surface area contributed by atoms with Crippen LogP contribution in [-0.2, 0) is 12.8 Å². The lowest BCUT2D eigenvalue weighted by Crippen LogP contribution is -2.10. The highest BCUT2D eigenvalue weighted by atomic mass is 35.5. The molecule has 2 rings (SSSR count). The predicted molar refractivity (Wildman–Crippen MR) is 81.0 cm³/mol.